The Morgan fingerprint density at radius 2 is 2.00 bits per heavy atom. The van der Waals surface area contributed by atoms with Gasteiger partial charge in [-0.1, -0.05) is 0 Å². The average Bonchev–Trinajstić information content (AvgIpc) is 2.52. The number of hydrogen-bond donors (Lipinski definition) is 2. The Morgan fingerprint density at radius 1 is 1.30 bits per heavy atom. The number of aliphatic hydroxyl groups is 1. The van der Waals surface area contributed by atoms with Gasteiger partial charge in [-0.25, -0.2) is 0 Å². The van der Waals surface area contributed by atoms with Gasteiger partial charge in [-0.3, -0.25) is 4.90 Å². The first-order valence-electron chi connectivity index (χ1n) is 7.44. The summed E-state index contributed by atoms with van der Waals surface area (Å²) in [4.78, 5) is 2.13. The highest BCUT2D eigenvalue weighted by molar-refractivity contribution is 5.42. The van der Waals surface area contributed by atoms with Crippen LogP contribution in [0, 0.1) is 0 Å². The highest BCUT2D eigenvalue weighted by Crippen LogP contribution is 2.36. The van der Waals surface area contributed by atoms with Gasteiger partial charge < -0.3 is 19.9 Å². The van der Waals surface area contributed by atoms with E-state index in [0.717, 1.165) is 26.2 Å². The lowest BCUT2D eigenvalue weighted by Crippen LogP contribution is -2.45. The molecule has 23 heavy (non-hydrogen) atoms. The van der Waals surface area contributed by atoms with Gasteiger partial charge in [0.25, 0.3) is 0 Å². The fourth-order valence-electron chi connectivity index (χ4n) is 2.82. The number of alkyl halides is 3. The van der Waals surface area contributed by atoms with Gasteiger partial charge in [-0.2, -0.15) is 0 Å². The number of halogens is 3. The summed E-state index contributed by atoms with van der Waals surface area (Å²) in [6.07, 6.45) is -4.33. The van der Waals surface area contributed by atoms with Crippen molar-refractivity contribution in [3.05, 3.63) is 23.8 Å². The molecule has 1 aliphatic rings. The molecule has 8 heteroatoms. The molecule has 1 atom stereocenters. The second-order valence-electron chi connectivity index (χ2n) is 5.27. The van der Waals surface area contributed by atoms with E-state index >= 15 is 0 Å². The maximum Gasteiger partial charge on any atom is 0.573 e. The summed E-state index contributed by atoms with van der Waals surface area (Å²) in [5, 5.41) is 12.6. The van der Waals surface area contributed by atoms with Crippen molar-refractivity contribution >= 4 is 0 Å². The molecular weight excluding hydrogens is 313 g/mol. The van der Waals surface area contributed by atoms with E-state index in [4.69, 9.17) is 4.74 Å². The van der Waals surface area contributed by atoms with Crippen molar-refractivity contribution in [1.82, 2.24) is 10.2 Å². The van der Waals surface area contributed by atoms with E-state index in [-0.39, 0.29) is 18.4 Å². The molecule has 0 radical (unpaired) electrons. The van der Waals surface area contributed by atoms with Crippen LogP contribution >= 0.6 is 0 Å². The Morgan fingerprint density at radius 3 is 2.57 bits per heavy atom. The van der Waals surface area contributed by atoms with Crippen LogP contribution in [-0.2, 0) is 0 Å². The first-order chi connectivity index (χ1) is 10.9. The van der Waals surface area contributed by atoms with Gasteiger partial charge in [-0.15, -0.1) is 13.2 Å². The van der Waals surface area contributed by atoms with Crippen molar-refractivity contribution in [2.24, 2.45) is 0 Å². The molecule has 1 saturated heterocycles. The van der Waals surface area contributed by atoms with Crippen molar-refractivity contribution in [3.63, 3.8) is 0 Å². The van der Waals surface area contributed by atoms with Gasteiger partial charge in [0.05, 0.1) is 7.11 Å². The van der Waals surface area contributed by atoms with E-state index in [1.165, 1.54) is 25.3 Å². The first-order valence-corrected chi connectivity index (χ1v) is 7.44. The Kier molecular flexibility index (Phi) is 6.09. The number of nitrogens with one attached hydrogen (secondary N) is 1. The zero-order chi connectivity index (χ0) is 16.9. The maximum atomic E-state index is 12.4. The largest absolute Gasteiger partial charge is 0.573 e. The summed E-state index contributed by atoms with van der Waals surface area (Å²) in [6.45, 7) is 3.02. The average molecular weight is 334 g/mol. The van der Waals surface area contributed by atoms with E-state index in [1.54, 1.807) is 0 Å². The van der Waals surface area contributed by atoms with Crippen LogP contribution in [0.2, 0.25) is 0 Å². The smallest absolute Gasteiger partial charge is 0.496 e. The number of rotatable bonds is 6. The molecule has 0 bridgehead atoms. The number of nitrogens with zero attached hydrogens (tertiary/aromatic N) is 1. The lowest BCUT2D eigenvalue weighted by molar-refractivity contribution is -0.274. The molecule has 1 heterocycles. The molecule has 130 valence electrons. The van der Waals surface area contributed by atoms with E-state index in [0.29, 0.717) is 17.7 Å². The van der Waals surface area contributed by atoms with Gasteiger partial charge >= 0.3 is 6.36 Å². The summed E-state index contributed by atoms with van der Waals surface area (Å²) < 4.78 is 46.6. The maximum absolute atomic E-state index is 12.4. The molecule has 1 aromatic carbocycles. The lowest BCUT2D eigenvalue weighted by atomic mass is 10.00. The van der Waals surface area contributed by atoms with Crippen LogP contribution in [0.4, 0.5) is 13.2 Å². The van der Waals surface area contributed by atoms with Crippen LogP contribution in [0.25, 0.3) is 0 Å². The first kappa shape index (κ1) is 17.8. The summed E-state index contributed by atoms with van der Waals surface area (Å²) in [5.74, 6) is 0.197. The molecule has 2 N–H and O–H groups in total. The molecular formula is C15H21F3N2O3. The zero-order valence-corrected chi connectivity index (χ0v) is 12.9. The molecule has 2 rings (SSSR count). The normalized spacial score (nSPS) is 17.8. The molecule has 0 spiro atoms. The molecule has 0 amide bonds. The highest BCUT2D eigenvalue weighted by Gasteiger charge is 2.32. The number of ether oxygens (including phenoxy) is 2. The summed E-state index contributed by atoms with van der Waals surface area (Å²) in [6, 6.07) is 3.80. The van der Waals surface area contributed by atoms with Crippen LogP contribution < -0.4 is 14.8 Å². The highest BCUT2D eigenvalue weighted by atomic mass is 19.4. The fourth-order valence-corrected chi connectivity index (χ4v) is 2.82. The van der Waals surface area contributed by atoms with Crippen molar-refractivity contribution in [2.75, 3.05) is 39.9 Å². The monoisotopic (exact) mass is 334 g/mol. The van der Waals surface area contributed by atoms with Crippen LogP contribution in [-0.4, -0.2) is 56.3 Å². The van der Waals surface area contributed by atoms with Crippen molar-refractivity contribution in [3.8, 4) is 11.5 Å². The minimum Gasteiger partial charge on any atom is -0.496 e. The standard InChI is InChI=1S/C15H21F3N2O3/c1-22-14-3-2-11(23-15(16,17)18)10-12(14)13(4-9-21)20-7-5-19-6-8-20/h2-3,10,13,19,21H,4-9H2,1H3/t13-/m1/s1. The van der Waals surface area contributed by atoms with E-state index in [9.17, 15) is 18.3 Å². The Balaban J connectivity index is 2.32. The van der Waals surface area contributed by atoms with E-state index < -0.39 is 6.36 Å². The molecule has 1 fully saturated rings. The summed E-state index contributed by atoms with van der Waals surface area (Å²) in [5.41, 5.74) is 0.588. The Bertz CT molecular complexity index is 505. The van der Waals surface area contributed by atoms with Crippen molar-refractivity contribution < 1.29 is 27.8 Å². The number of aliphatic hydroxyl groups excluding tert-OH is 1. The molecule has 0 saturated carbocycles. The van der Waals surface area contributed by atoms with Crippen LogP contribution in [0.5, 0.6) is 11.5 Å². The quantitative estimate of drug-likeness (QED) is 0.832. The molecule has 0 aliphatic carbocycles. The van der Waals surface area contributed by atoms with Gasteiger partial charge in [0.2, 0.25) is 0 Å². The second-order valence-corrected chi connectivity index (χ2v) is 5.27. The summed E-state index contributed by atoms with van der Waals surface area (Å²) in [7, 11) is 1.47. The van der Waals surface area contributed by atoms with E-state index in [2.05, 4.69) is 15.0 Å². The van der Waals surface area contributed by atoms with Crippen LogP contribution in [0.15, 0.2) is 18.2 Å². The molecule has 0 unspecified atom stereocenters. The number of methoxy groups -OCH3 is 1. The third-order valence-electron chi connectivity index (χ3n) is 3.79. The SMILES string of the molecule is COc1ccc(OC(F)(F)F)cc1[C@@H](CCO)N1CCNCC1. The second kappa shape index (κ2) is 7.85. The number of piperazine rings is 1. The molecule has 1 aliphatic heterocycles. The lowest BCUT2D eigenvalue weighted by Gasteiger charge is -2.35. The third-order valence-corrected chi connectivity index (χ3v) is 3.79. The topological polar surface area (TPSA) is 54.0 Å². The predicted octanol–water partition coefficient (Wildman–Crippen LogP) is 1.92. The van der Waals surface area contributed by atoms with Crippen LogP contribution in [0.3, 0.4) is 0 Å². The fraction of sp³-hybridized carbons (Fsp3) is 0.600. The predicted molar refractivity (Wildman–Crippen MR) is 78.6 cm³/mol. The number of hydrogen-bond acceptors (Lipinski definition) is 5. The van der Waals surface area contributed by atoms with Gasteiger partial charge in [0.15, 0.2) is 0 Å². The van der Waals surface area contributed by atoms with Crippen LogP contribution in [0.1, 0.15) is 18.0 Å². The minimum atomic E-state index is -4.74. The number of benzene rings is 1. The zero-order valence-electron chi connectivity index (χ0n) is 12.9. The van der Waals surface area contributed by atoms with Crippen molar-refractivity contribution in [2.45, 2.75) is 18.8 Å². The summed E-state index contributed by atoms with van der Waals surface area (Å²) >= 11 is 0. The van der Waals surface area contributed by atoms with E-state index in [1.807, 2.05) is 0 Å². The van der Waals surface area contributed by atoms with Crippen molar-refractivity contribution in [1.29, 1.82) is 0 Å². The Hall–Kier alpha value is -1.51. The molecule has 0 aromatic heterocycles. The molecule has 5 nitrogen and oxygen atoms in total. The molecule has 1 aromatic rings. The Labute approximate surface area is 133 Å². The van der Waals surface area contributed by atoms with Gasteiger partial charge in [0.1, 0.15) is 11.5 Å². The minimum absolute atomic E-state index is 0.0674. The third kappa shape index (κ3) is 4.98. The van der Waals surface area contributed by atoms with Gasteiger partial charge in [0, 0.05) is 44.4 Å². The van der Waals surface area contributed by atoms with Gasteiger partial charge in [-0.05, 0) is 24.6 Å².